The van der Waals surface area contributed by atoms with Gasteiger partial charge in [-0.3, -0.25) is 0 Å². The van der Waals surface area contributed by atoms with Gasteiger partial charge in [-0.1, -0.05) is 175 Å². The second-order valence-corrected chi connectivity index (χ2v) is 30.5. The van der Waals surface area contributed by atoms with E-state index < -0.39 is 0 Å². The van der Waals surface area contributed by atoms with Crippen LogP contribution in [0.25, 0.3) is 110 Å². The molecule has 12 aromatic carbocycles. The molecule has 4 bridgehead atoms. The summed E-state index contributed by atoms with van der Waals surface area (Å²) in [6.07, 6.45) is 6.17. The van der Waals surface area contributed by atoms with Crippen molar-refractivity contribution < 1.29 is 8.83 Å². The number of hydrogen-bond acceptors (Lipinski definition) is 4. The fourth-order valence-electron chi connectivity index (χ4n) is 19.2. The first-order valence-corrected chi connectivity index (χ1v) is 34.8. The average molecular weight is 1240 g/mol. The Morgan fingerprint density at radius 1 is 0.344 bits per heavy atom. The van der Waals surface area contributed by atoms with E-state index in [4.69, 9.17) is 8.83 Å². The zero-order chi connectivity index (χ0) is 64.1. The van der Waals surface area contributed by atoms with E-state index in [-0.39, 0.29) is 16.2 Å². The summed E-state index contributed by atoms with van der Waals surface area (Å²) < 4.78 is 20.3. The van der Waals surface area contributed by atoms with Crippen LogP contribution in [0.4, 0.5) is 34.1 Å². The van der Waals surface area contributed by atoms with E-state index in [0.717, 1.165) is 89.4 Å². The monoisotopic (exact) mass is 1240 g/mol. The summed E-state index contributed by atoms with van der Waals surface area (Å²) in [6.45, 7) is 13.9. The molecule has 466 valence electrons. The van der Waals surface area contributed by atoms with Gasteiger partial charge >= 0.3 is 0 Å². The molecule has 0 amide bonds. The Kier molecular flexibility index (Phi) is 11.8. The smallest absolute Gasteiger partial charge is 0.160 e. The molecule has 0 radical (unpaired) electrons. The minimum atomic E-state index is -0.356. The molecule has 4 aromatic heterocycles. The zero-order valence-corrected chi connectivity index (χ0v) is 55.2. The lowest BCUT2D eigenvalue weighted by Gasteiger charge is -2.61. The molecule has 16 aromatic rings. The van der Waals surface area contributed by atoms with Crippen molar-refractivity contribution in [2.24, 2.45) is 23.7 Å². The molecule has 4 saturated carbocycles. The van der Waals surface area contributed by atoms with Gasteiger partial charge in [0.05, 0.1) is 38.8 Å². The van der Waals surface area contributed by atoms with E-state index in [0.29, 0.717) is 23.7 Å². The fraction of sp³-hybridized carbons (Fsp3) is 0.200. The fourth-order valence-corrected chi connectivity index (χ4v) is 19.2. The summed E-state index contributed by atoms with van der Waals surface area (Å²) in [4.78, 5) is 5.15. The van der Waals surface area contributed by atoms with Crippen LogP contribution in [0.2, 0.25) is 0 Å². The van der Waals surface area contributed by atoms with Crippen LogP contribution in [-0.2, 0) is 16.2 Å². The number of fused-ring (bicyclic) bond motifs is 17. The van der Waals surface area contributed by atoms with E-state index in [1.54, 1.807) is 0 Å². The number of anilines is 6. The standard InChI is InChI=1S/C90H74N4O2/c1-88(2,3)56-33-37-62(38-34-56)91(64-41-43-76-70(50-64)66-25-13-17-29-74(66)93(76)60-21-9-7-10-22-60)78-52-73-85(87-82(78)68-27-15-19-31-80(68)96-87)84-72(90(73)58-46-54-45-55(48-58)49-59(90)47-54)53-79(86-83(84)69-28-16-20-32-81(69)95-86)92(63-39-35-57(36-40-63)89(4,5)6)65-42-44-77-71(51-65)67-26-14-18-30-75(67)94(77)61-23-11-8-12-24-61/h7-44,50-55,58-59H,45-49H2,1-6H3. The maximum atomic E-state index is 7.77. The van der Waals surface area contributed by atoms with Gasteiger partial charge in [0.1, 0.15) is 16.7 Å². The summed E-state index contributed by atoms with van der Waals surface area (Å²) in [5.74, 6) is 2.24. The molecule has 0 saturated heterocycles. The average Bonchev–Trinajstić information content (AvgIpc) is 1.47. The molecule has 0 atom stereocenters. The predicted molar refractivity (Wildman–Crippen MR) is 400 cm³/mol. The molecule has 5 aliphatic carbocycles. The molecule has 96 heavy (non-hydrogen) atoms. The van der Waals surface area contributed by atoms with Crippen molar-refractivity contribution in [1.82, 2.24) is 9.13 Å². The Hall–Kier alpha value is -10.6. The van der Waals surface area contributed by atoms with Crippen LogP contribution < -0.4 is 9.80 Å². The maximum Gasteiger partial charge on any atom is 0.160 e. The second kappa shape index (κ2) is 20.2. The van der Waals surface area contributed by atoms with E-state index in [1.807, 2.05) is 0 Å². The lowest BCUT2D eigenvalue weighted by molar-refractivity contribution is -0.0398. The summed E-state index contributed by atoms with van der Waals surface area (Å²) in [5, 5.41) is 9.37. The first-order chi connectivity index (χ1) is 46.8. The van der Waals surface area contributed by atoms with Crippen LogP contribution in [-0.4, -0.2) is 9.13 Å². The summed E-state index contributed by atoms with van der Waals surface area (Å²) in [5.41, 5.74) is 24.7. The molecular formula is C90H74N4O2. The summed E-state index contributed by atoms with van der Waals surface area (Å²) in [7, 11) is 0. The van der Waals surface area contributed by atoms with Crippen LogP contribution in [0.5, 0.6) is 0 Å². The first kappa shape index (κ1) is 55.9. The van der Waals surface area contributed by atoms with Crippen molar-refractivity contribution in [2.75, 3.05) is 9.80 Å². The van der Waals surface area contributed by atoms with Crippen molar-refractivity contribution in [2.45, 2.75) is 89.9 Å². The zero-order valence-electron chi connectivity index (χ0n) is 55.2. The summed E-state index contributed by atoms with van der Waals surface area (Å²) in [6, 6.07) is 95.8. The molecule has 6 heteroatoms. The maximum absolute atomic E-state index is 7.77. The quantitative estimate of drug-likeness (QED) is 0.152. The highest BCUT2D eigenvalue weighted by Gasteiger charge is 2.63. The van der Waals surface area contributed by atoms with Crippen molar-refractivity contribution in [3.8, 4) is 22.5 Å². The molecule has 0 N–H and O–H groups in total. The third-order valence-corrected chi connectivity index (χ3v) is 23.1. The topological polar surface area (TPSA) is 42.6 Å². The molecule has 1 spiro atoms. The van der Waals surface area contributed by atoms with E-state index in [9.17, 15) is 0 Å². The molecule has 21 rings (SSSR count). The van der Waals surface area contributed by atoms with Gasteiger partial charge in [-0.05, 0) is 210 Å². The number of aromatic nitrogens is 2. The Morgan fingerprint density at radius 3 is 1.24 bits per heavy atom. The van der Waals surface area contributed by atoms with Crippen molar-refractivity contribution >= 4 is 122 Å². The molecule has 4 heterocycles. The first-order valence-electron chi connectivity index (χ1n) is 34.8. The predicted octanol–water partition coefficient (Wildman–Crippen LogP) is 24.9. The number of nitrogens with zero attached hydrogens (tertiary/aromatic N) is 4. The minimum Gasteiger partial charge on any atom is -0.455 e. The van der Waals surface area contributed by atoms with Crippen molar-refractivity contribution in [1.29, 1.82) is 0 Å². The Balaban J connectivity index is 0.900. The van der Waals surface area contributed by atoms with E-state index >= 15 is 0 Å². The van der Waals surface area contributed by atoms with Crippen LogP contribution in [0.3, 0.4) is 0 Å². The third kappa shape index (κ3) is 7.93. The number of benzene rings is 12. The number of hydrogen-bond donors (Lipinski definition) is 0. The largest absolute Gasteiger partial charge is 0.455 e. The Labute approximate surface area is 559 Å². The molecule has 5 aliphatic rings. The van der Waals surface area contributed by atoms with Crippen LogP contribution in [0.1, 0.15) is 95.9 Å². The number of rotatable bonds is 8. The lowest BCUT2D eigenvalue weighted by Crippen LogP contribution is -2.55. The lowest BCUT2D eigenvalue weighted by atomic mass is 9.43. The van der Waals surface area contributed by atoms with Crippen molar-refractivity contribution in [3.63, 3.8) is 0 Å². The van der Waals surface area contributed by atoms with Gasteiger partial charge in [0.2, 0.25) is 0 Å². The van der Waals surface area contributed by atoms with E-state index in [2.05, 4.69) is 315 Å². The Bertz CT molecular complexity index is 5840. The molecular weight excluding hydrogens is 1170 g/mol. The van der Waals surface area contributed by atoms with Gasteiger partial charge in [-0.25, -0.2) is 0 Å². The van der Waals surface area contributed by atoms with Crippen LogP contribution >= 0.6 is 0 Å². The van der Waals surface area contributed by atoms with Crippen LogP contribution in [0.15, 0.2) is 264 Å². The van der Waals surface area contributed by atoms with Gasteiger partial charge in [0.15, 0.2) is 5.58 Å². The summed E-state index contributed by atoms with van der Waals surface area (Å²) >= 11 is 0. The highest BCUT2D eigenvalue weighted by molar-refractivity contribution is 6.26. The Morgan fingerprint density at radius 2 is 0.740 bits per heavy atom. The van der Waals surface area contributed by atoms with E-state index in [1.165, 1.54) is 109 Å². The number of furan rings is 2. The number of para-hydroxylation sites is 6. The van der Waals surface area contributed by atoms with Gasteiger partial charge < -0.3 is 27.8 Å². The highest BCUT2D eigenvalue weighted by Crippen LogP contribution is 2.73. The molecule has 4 fully saturated rings. The van der Waals surface area contributed by atoms with Gasteiger partial charge in [-0.15, -0.1) is 0 Å². The third-order valence-electron chi connectivity index (χ3n) is 23.1. The minimum absolute atomic E-state index is 0.0385. The second-order valence-electron chi connectivity index (χ2n) is 30.5. The van der Waals surface area contributed by atoms with Gasteiger partial charge in [0.25, 0.3) is 0 Å². The SMILES string of the molecule is CC(C)(C)c1ccc(N(c2ccc3c(c2)c2ccccc2n3-c2ccccc2)c2cc3c(c4c2oc2ccccc24)-c2c(cc(N(c4ccc(C(C)(C)C)cc4)c4ccc5c(c4)c4ccccc4n5-c4ccccc4)c4c2oc2ccccc24)C32C3CC4CC(C3)CC2C4)cc1. The molecule has 0 unspecified atom stereocenters. The van der Waals surface area contributed by atoms with Crippen molar-refractivity contribution in [3.05, 3.63) is 277 Å². The van der Waals surface area contributed by atoms with Gasteiger partial charge in [0, 0.05) is 88.4 Å². The normalized spacial score (nSPS) is 19.0. The molecule has 6 nitrogen and oxygen atoms in total. The highest BCUT2D eigenvalue weighted by atomic mass is 16.3. The molecule has 0 aliphatic heterocycles. The van der Waals surface area contributed by atoms with Crippen LogP contribution in [0, 0.1) is 23.7 Å². The van der Waals surface area contributed by atoms with Gasteiger partial charge in [-0.2, -0.15) is 0 Å².